The zero-order valence-corrected chi connectivity index (χ0v) is 18.4. The Morgan fingerprint density at radius 1 is 1.14 bits per heavy atom. The summed E-state index contributed by atoms with van der Waals surface area (Å²) < 4.78 is 2.18. The third-order valence-electron chi connectivity index (χ3n) is 5.11. The summed E-state index contributed by atoms with van der Waals surface area (Å²) in [6.45, 7) is 3.29. The van der Waals surface area contributed by atoms with E-state index < -0.39 is 0 Å². The van der Waals surface area contributed by atoms with Crippen LogP contribution in [0.5, 0.6) is 0 Å². The van der Waals surface area contributed by atoms with Gasteiger partial charge in [0.1, 0.15) is 12.4 Å². The Morgan fingerprint density at radius 3 is 2.46 bits per heavy atom. The molecule has 1 aromatic carbocycles. The molecule has 2 rings (SSSR count). The van der Waals surface area contributed by atoms with Gasteiger partial charge < -0.3 is 14.6 Å². The van der Waals surface area contributed by atoms with E-state index in [1.165, 1.54) is 0 Å². The maximum absolute atomic E-state index is 11.1. The van der Waals surface area contributed by atoms with Crippen LogP contribution in [0.3, 0.4) is 0 Å². The number of nitrogens with zero attached hydrogens (tertiary/aromatic N) is 3. The largest absolute Gasteiger partial charge is 0.389 e. The molecule has 0 saturated heterocycles. The molecule has 0 amide bonds. The van der Waals surface area contributed by atoms with Crippen LogP contribution in [0.25, 0.3) is 11.0 Å². The number of Topliss-reactive ketones (excluding diaryl/α,β-unsaturated/α-hetero) is 1. The number of alkyl halides is 2. The number of anilines is 1. The molecule has 7 heteroatoms. The number of ketones is 1. The number of imidazole rings is 1. The topological polar surface area (TPSA) is 58.4 Å². The number of aryl methyl sites for hydroxylation is 3. The lowest BCUT2D eigenvalue weighted by Crippen LogP contribution is -2.27. The SMILES string of the molecule is Cc1cc(N(CCCl)CCCl)cc2c1nc(CCCCCCC(=O)CO)n2C. The van der Waals surface area contributed by atoms with Crippen LogP contribution in [0, 0.1) is 6.92 Å². The molecule has 5 nitrogen and oxygen atoms in total. The lowest BCUT2D eigenvalue weighted by atomic mass is 10.1. The summed E-state index contributed by atoms with van der Waals surface area (Å²) in [5.41, 5.74) is 4.47. The van der Waals surface area contributed by atoms with Crippen molar-refractivity contribution in [2.24, 2.45) is 7.05 Å². The standard InChI is InChI=1S/C21H31Cl2N3O2/c1-16-13-17(26(11-9-22)12-10-23)14-19-21(16)24-20(25(19)2)8-6-4-3-5-7-18(28)15-27/h13-14,27H,3-12,15H2,1-2H3. The van der Waals surface area contributed by atoms with E-state index in [0.29, 0.717) is 18.2 Å². The molecule has 1 N–H and O–H groups in total. The van der Waals surface area contributed by atoms with E-state index in [2.05, 4.69) is 35.6 Å². The molecular weight excluding hydrogens is 397 g/mol. The van der Waals surface area contributed by atoms with E-state index in [1.807, 2.05) is 0 Å². The predicted octanol–water partition coefficient (Wildman–Crippen LogP) is 4.22. The highest BCUT2D eigenvalue weighted by Crippen LogP contribution is 2.27. The van der Waals surface area contributed by atoms with Crippen molar-refractivity contribution >= 4 is 45.7 Å². The maximum Gasteiger partial charge on any atom is 0.158 e. The second-order valence-electron chi connectivity index (χ2n) is 7.19. The van der Waals surface area contributed by atoms with Gasteiger partial charge in [-0.15, -0.1) is 23.2 Å². The van der Waals surface area contributed by atoms with Crippen LogP contribution in [0.1, 0.15) is 43.5 Å². The maximum atomic E-state index is 11.1. The molecule has 0 atom stereocenters. The third-order valence-corrected chi connectivity index (χ3v) is 5.45. The van der Waals surface area contributed by atoms with Gasteiger partial charge in [-0.3, -0.25) is 4.79 Å². The highest BCUT2D eigenvalue weighted by Gasteiger charge is 2.14. The number of halogens is 2. The minimum absolute atomic E-state index is 0.0704. The molecule has 156 valence electrons. The third kappa shape index (κ3) is 6.10. The number of aromatic nitrogens is 2. The molecule has 0 bridgehead atoms. The lowest BCUT2D eigenvalue weighted by molar-refractivity contribution is -0.121. The molecule has 0 fully saturated rings. The molecule has 0 saturated carbocycles. The quantitative estimate of drug-likeness (QED) is 0.383. The number of aliphatic hydroxyl groups is 1. The number of benzene rings is 1. The summed E-state index contributed by atoms with van der Waals surface area (Å²) in [5, 5.41) is 8.75. The molecule has 2 aromatic rings. The lowest BCUT2D eigenvalue weighted by Gasteiger charge is -2.23. The molecular formula is C21H31Cl2N3O2. The van der Waals surface area contributed by atoms with E-state index in [1.54, 1.807) is 0 Å². The number of hydrogen-bond acceptors (Lipinski definition) is 4. The van der Waals surface area contributed by atoms with E-state index in [0.717, 1.165) is 73.3 Å². The van der Waals surface area contributed by atoms with Crippen molar-refractivity contribution in [2.75, 3.05) is 36.4 Å². The van der Waals surface area contributed by atoms with Gasteiger partial charge in [-0.05, 0) is 37.5 Å². The first kappa shape index (κ1) is 23.0. The van der Waals surface area contributed by atoms with Crippen LogP contribution < -0.4 is 4.90 Å². The van der Waals surface area contributed by atoms with Crippen molar-refractivity contribution in [3.63, 3.8) is 0 Å². The van der Waals surface area contributed by atoms with Gasteiger partial charge in [0, 0.05) is 50.4 Å². The summed E-state index contributed by atoms with van der Waals surface area (Å²) in [4.78, 5) is 18.2. The van der Waals surface area contributed by atoms with E-state index in [-0.39, 0.29) is 12.4 Å². The highest BCUT2D eigenvalue weighted by molar-refractivity contribution is 6.18. The Bertz CT molecular complexity index is 771. The Balaban J connectivity index is 2.05. The van der Waals surface area contributed by atoms with Crippen molar-refractivity contribution in [1.82, 2.24) is 9.55 Å². The molecule has 0 aliphatic carbocycles. The van der Waals surface area contributed by atoms with Gasteiger partial charge in [0.15, 0.2) is 5.78 Å². The van der Waals surface area contributed by atoms with Crippen LogP contribution in [0.15, 0.2) is 12.1 Å². The molecule has 0 unspecified atom stereocenters. The average Bonchev–Trinajstić information content (AvgIpc) is 3.00. The Morgan fingerprint density at radius 2 is 1.82 bits per heavy atom. The first-order valence-corrected chi connectivity index (χ1v) is 11.0. The van der Waals surface area contributed by atoms with E-state index in [4.69, 9.17) is 33.3 Å². The molecule has 1 aromatic heterocycles. The van der Waals surface area contributed by atoms with Crippen LogP contribution in [-0.2, 0) is 18.3 Å². The van der Waals surface area contributed by atoms with Crippen molar-refractivity contribution in [2.45, 2.75) is 45.4 Å². The van der Waals surface area contributed by atoms with Gasteiger partial charge in [0.25, 0.3) is 0 Å². The van der Waals surface area contributed by atoms with Gasteiger partial charge in [-0.25, -0.2) is 4.98 Å². The minimum Gasteiger partial charge on any atom is -0.389 e. The first-order chi connectivity index (χ1) is 13.5. The van der Waals surface area contributed by atoms with Crippen LogP contribution in [0.2, 0.25) is 0 Å². The van der Waals surface area contributed by atoms with Crippen molar-refractivity contribution in [1.29, 1.82) is 0 Å². The summed E-state index contributed by atoms with van der Waals surface area (Å²) in [6, 6.07) is 4.34. The minimum atomic E-state index is -0.339. The molecule has 0 spiro atoms. The summed E-state index contributed by atoms with van der Waals surface area (Å²) >= 11 is 11.9. The van der Waals surface area contributed by atoms with Crippen molar-refractivity contribution in [3.05, 3.63) is 23.5 Å². The summed E-state index contributed by atoms with van der Waals surface area (Å²) in [6.07, 6.45) is 5.35. The number of hydrogen-bond donors (Lipinski definition) is 1. The van der Waals surface area contributed by atoms with Crippen molar-refractivity contribution < 1.29 is 9.90 Å². The molecule has 1 heterocycles. The number of carbonyl (C=O) groups is 1. The molecule has 0 radical (unpaired) electrons. The predicted molar refractivity (Wildman–Crippen MR) is 118 cm³/mol. The van der Waals surface area contributed by atoms with Gasteiger partial charge in [0.2, 0.25) is 0 Å². The second-order valence-corrected chi connectivity index (χ2v) is 7.95. The summed E-state index contributed by atoms with van der Waals surface area (Å²) in [7, 11) is 2.07. The fourth-order valence-electron chi connectivity index (χ4n) is 3.50. The first-order valence-electron chi connectivity index (χ1n) is 9.97. The van der Waals surface area contributed by atoms with E-state index >= 15 is 0 Å². The molecule has 0 aliphatic heterocycles. The number of carbonyl (C=O) groups excluding carboxylic acids is 1. The van der Waals surface area contributed by atoms with Gasteiger partial charge in [-0.1, -0.05) is 12.8 Å². The Hall–Kier alpha value is -1.30. The zero-order valence-electron chi connectivity index (χ0n) is 16.9. The van der Waals surface area contributed by atoms with Gasteiger partial charge >= 0.3 is 0 Å². The number of rotatable bonds is 13. The van der Waals surface area contributed by atoms with Crippen molar-refractivity contribution in [3.8, 4) is 0 Å². The normalized spacial score (nSPS) is 11.3. The molecule has 0 aliphatic rings. The Kier molecular flexibility index (Phi) is 9.56. The number of fused-ring (bicyclic) bond motifs is 1. The smallest absolute Gasteiger partial charge is 0.158 e. The van der Waals surface area contributed by atoms with Gasteiger partial charge in [0.05, 0.1) is 11.0 Å². The van der Waals surface area contributed by atoms with Gasteiger partial charge in [-0.2, -0.15) is 0 Å². The fraction of sp³-hybridized carbons (Fsp3) is 0.619. The summed E-state index contributed by atoms with van der Waals surface area (Å²) in [5.74, 6) is 2.14. The van der Waals surface area contributed by atoms with E-state index in [9.17, 15) is 4.79 Å². The molecule has 28 heavy (non-hydrogen) atoms. The van der Waals surface area contributed by atoms with Crippen LogP contribution in [0.4, 0.5) is 5.69 Å². The number of unbranched alkanes of at least 4 members (excludes halogenated alkanes) is 3. The number of aliphatic hydroxyl groups excluding tert-OH is 1. The highest BCUT2D eigenvalue weighted by atomic mass is 35.5. The van der Waals surface area contributed by atoms with Crippen LogP contribution in [-0.4, -0.2) is 51.9 Å². The second kappa shape index (κ2) is 11.6. The van der Waals surface area contributed by atoms with Crippen LogP contribution >= 0.6 is 23.2 Å². The average molecular weight is 428 g/mol. The zero-order chi connectivity index (χ0) is 20.5. The Labute approximate surface area is 177 Å². The monoisotopic (exact) mass is 427 g/mol. The fourth-order valence-corrected chi connectivity index (χ4v) is 3.91.